The van der Waals surface area contributed by atoms with Crippen molar-refractivity contribution in [2.24, 2.45) is 0 Å². The second kappa shape index (κ2) is 53.6. The SMILES string of the molecule is COCCOCCOCCOCCN1C(=CC=CC=CC2=[N+](CCCCCC(=O)O)c3ccc(S(=O)(=O)[O-])cc3C2(C)CCCS(=O)(=O)[O-])C(C)(CCCS(=O)(=O)O)c2cc(S(=O)(=O)O)ccc21.COCCOCCOCCOCCOCCN1C(=CC=CC=CC2=[N+](CCCCCC(=O)O)c3ccc(S(=O)(=O)[O-])cc3C2(C)CCCS(=O)(=O)[O-])C(C)(CCCS(=O)(=O)O)c2cc(S(=O)(=O)O)ccc21. The molecule has 0 saturated carbocycles. The molecule has 4 atom stereocenters. The van der Waals surface area contributed by atoms with Crippen LogP contribution in [-0.2, 0) is 155 Å². The van der Waals surface area contributed by atoms with Gasteiger partial charge < -0.3 is 80.9 Å². The van der Waals surface area contributed by atoms with Gasteiger partial charge in [0.05, 0.1) is 168 Å². The van der Waals surface area contributed by atoms with Crippen LogP contribution in [0, 0.1) is 0 Å². The first-order valence-electron chi connectivity index (χ1n) is 44.8. The van der Waals surface area contributed by atoms with Crippen LogP contribution in [0.15, 0.2) is 165 Å². The molecule has 8 rings (SSSR count). The van der Waals surface area contributed by atoms with Gasteiger partial charge in [-0.25, -0.2) is 33.7 Å². The Morgan fingerprint density at radius 3 is 0.942 bits per heavy atom. The molecule has 0 aliphatic carbocycles. The van der Waals surface area contributed by atoms with Gasteiger partial charge in [-0.1, -0.05) is 36.5 Å². The fraction of sp³-hybridized carbons (Fsp3) is 0.556. The normalized spacial score (nSPS) is 19.4. The molecule has 4 aliphatic rings. The minimum absolute atomic E-state index is 0.0324. The summed E-state index contributed by atoms with van der Waals surface area (Å²) in [5, 5.41) is 18.3. The Balaban J connectivity index is 0.000000378. The number of aliphatic carboxylic acids is 2. The third kappa shape index (κ3) is 36.7. The number of ether oxygens (including phenoxy) is 9. The molecule has 0 fully saturated rings. The van der Waals surface area contributed by atoms with Crippen LogP contribution in [0.25, 0.3) is 0 Å². The van der Waals surface area contributed by atoms with Gasteiger partial charge in [0.1, 0.15) is 33.3 Å². The first-order chi connectivity index (χ1) is 65.1. The summed E-state index contributed by atoms with van der Waals surface area (Å²) in [4.78, 5) is 24.4. The van der Waals surface area contributed by atoms with Crippen molar-refractivity contribution in [2.75, 3.05) is 179 Å². The van der Waals surface area contributed by atoms with Crippen LogP contribution in [0.4, 0.5) is 22.7 Å². The fourth-order valence-electron chi connectivity index (χ4n) is 17.3. The second-order valence-electron chi connectivity index (χ2n) is 34.1. The van der Waals surface area contributed by atoms with Gasteiger partial charge in [-0.2, -0.15) is 42.8 Å². The maximum absolute atomic E-state index is 12.4. The third-order valence-electron chi connectivity index (χ3n) is 24.0. The highest BCUT2D eigenvalue weighted by molar-refractivity contribution is 7.87. The number of methoxy groups -OCH3 is 2. The lowest BCUT2D eigenvalue weighted by Crippen LogP contribution is -2.32. The van der Waals surface area contributed by atoms with E-state index in [9.17, 15) is 113 Å². The van der Waals surface area contributed by atoms with Crippen molar-refractivity contribution in [3.63, 3.8) is 0 Å². The van der Waals surface area contributed by atoms with Crippen molar-refractivity contribution >= 4 is 127 Å². The summed E-state index contributed by atoms with van der Waals surface area (Å²) in [7, 11) is -34.0. The molecule has 4 unspecified atom stereocenters. The van der Waals surface area contributed by atoms with Crippen LogP contribution in [0.2, 0.25) is 0 Å². The number of fused-ring (bicyclic) bond motifs is 4. The van der Waals surface area contributed by atoms with Gasteiger partial charge in [0.25, 0.3) is 40.5 Å². The van der Waals surface area contributed by atoms with Gasteiger partial charge in [0, 0.05) is 134 Å². The lowest BCUT2D eigenvalue weighted by Gasteiger charge is -2.30. The predicted molar refractivity (Wildman–Crippen MR) is 508 cm³/mol. The Labute approximate surface area is 814 Å². The zero-order chi connectivity index (χ0) is 103. The van der Waals surface area contributed by atoms with E-state index < -0.39 is 147 Å². The van der Waals surface area contributed by atoms with Crippen molar-refractivity contribution in [3.05, 3.63) is 167 Å². The number of hydrogen-bond acceptors (Lipinski definition) is 33. The Bertz CT molecular complexity index is 6120. The number of benzene rings is 4. The molecule has 4 heterocycles. The molecule has 0 bridgehead atoms. The minimum atomic E-state index is -4.92. The zero-order valence-electron chi connectivity index (χ0n) is 78.4. The van der Waals surface area contributed by atoms with E-state index in [0.717, 1.165) is 0 Å². The monoisotopic (exact) mass is 2110 g/mol. The van der Waals surface area contributed by atoms with Crippen LogP contribution >= 0.6 is 0 Å². The van der Waals surface area contributed by atoms with Crippen LogP contribution < -0.4 is 9.80 Å². The largest absolute Gasteiger partial charge is 0.748 e. The first-order valence-corrected chi connectivity index (χ1v) is 56.8. The molecule has 139 heavy (non-hydrogen) atoms. The van der Waals surface area contributed by atoms with Gasteiger partial charge >= 0.3 is 11.9 Å². The molecule has 0 aromatic heterocycles. The predicted octanol–water partition coefficient (Wildman–Crippen LogP) is 8.62. The molecule has 0 radical (unpaired) electrons. The first kappa shape index (κ1) is 118. The maximum atomic E-state index is 12.4. The van der Waals surface area contributed by atoms with Crippen LogP contribution in [0.3, 0.4) is 0 Å². The number of hydrogen-bond donors (Lipinski definition) is 6. The van der Waals surface area contributed by atoms with E-state index in [-0.39, 0.29) is 127 Å². The van der Waals surface area contributed by atoms with E-state index in [1.165, 1.54) is 72.8 Å². The number of rotatable bonds is 65. The molecule has 0 saturated heterocycles. The van der Waals surface area contributed by atoms with Crippen molar-refractivity contribution in [3.8, 4) is 0 Å². The van der Waals surface area contributed by atoms with E-state index >= 15 is 0 Å². The van der Waals surface area contributed by atoms with Gasteiger partial charge in [0.15, 0.2) is 11.4 Å². The molecular weight excluding hydrogens is 1990 g/mol. The standard InChI is InChI=1S/C46H66N2O19S4.C44H62N2O18S4/c1-45(19-10-32-68(51,52)53)38-34-36(70(57,58)59)15-17-40(38)47(21-9-5-8-14-44(49)50)42(45)12-6-4-7-13-43-46(2,20-11-33-69(54,55)56)39-35-37(71(60,61)62)16-18-41(39)48(43)22-23-64-26-27-66-30-31-67-29-28-65-25-24-63-3;1-43(19-10-30-65(49,50)51)36-32-34(67(55,56)57)15-17-38(36)45(21-9-5-8-14-42(47)48)40(43)12-6-4-7-13-41-44(2,20-11-31-66(52,53)54)37-33-35(68(58,59)60)16-18-39(37)46(41)22-23-62-26-27-64-29-28-63-25-24-61-3/h4,6-7,12-13,15-18,34-35H,5,8-11,14,19-33H2,1-3H3,(H4-,49,50,51,52,53,54,55,56,57,58,59,60,61,62);4,6-7,12-13,15-18,32-33H,5,8-11,14,19-31H2,1-3H3,(H4-,47,48,49,50,51,52,53,54,55,56,57,58,59,60)/p-2. The van der Waals surface area contributed by atoms with Gasteiger partial charge in [-0.15, -0.1) is 0 Å². The van der Waals surface area contributed by atoms with Crippen LogP contribution in [-0.4, -0.2) is 316 Å². The Kier molecular flexibility index (Phi) is 45.6. The van der Waals surface area contributed by atoms with E-state index in [1.807, 2.05) is 19.0 Å². The van der Waals surface area contributed by atoms with E-state index in [2.05, 4.69) is 0 Å². The number of carboxylic acids is 2. The number of anilines is 2. The number of allylic oxidation sites excluding steroid dienone is 12. The Hall–Kier alpha value is -7.88. The van der Waals surface area contributed by atoms with Crippen molar-refractivity contribution in [1.82, 2.24) is 0 Å². The van der Waals surface area contributed by atoms with Crippen molar-refractivity contribution < 1.29 is 175 Å². The Morgan fingerprint density at radius 1 is 0.353 bits per heavy atom. The fourth-order valence-corrected chi connectivity index (χ4v) is 21.3. The van der Waals surface area contributed by atoms with Crippen molar-refractivity contribution in [1.29, 1.82) is 0 Å². The summed E-state index contributed by atoms with van der Waals surface area (Å²) < 4.78 is 332. The highest BCUT2D eigenvalue weighted by Crippen LogP contribution is 2.54. The number of carboxylic acid groups (broad SMARTS) is 2. The summed E-state index contributed by atoms with van der Waals surface area (Å²) in [5.74, 6) is -4.47. The van der Waals surface area contributed by atoms with E-state index in [1.54, 1.807) is 103 Å². The van der Waals surface area contributed by atoms with Gasteiger partial charge in [-0.05, 0) is 189 Å². The van der Waals surface area contributed by atoms with E-state index in [4.69, 9.17) is 52.8 Å². The van der Waals surface area contributed by atoms with Crippen molar-refractivity contribution in [2.45, 2.75) is 172 Å². The molecule has 49 heteroatoms. The van der Waals surface area contributed by atoms with Gasteiger partial charge in [0.2, 0.25) is 11.4 Å². The summed E-state index contributed by atoms with van der Waals surface area (Å²) in [6.45, 7) is 13.6. The highest BCUT2D eigenvalue weighted by Gasteiger charge is 2.51. The summed E-state index contributed by atoms with van der Waals surface area (Å²) in [6.07, 6.45) is 19.8. The molecule has 0 amide bonds. The molecule has 41 nitrogen and oxygen atoms in total. The van der Waals surface area contributed by atoms with Gasteiger partial charge in [-0.3, -0.25) is 27.8 Å². The highest BCUT2D eigenvalue weighted by atomic mass is 32.2. The molecule has 4 aliphatic heterocycles. The van der Waals surface area contributed by atoms with Crippen LogP contribution in [0.1, 0.15) is 153 Å². The quantitative estimate of drug-likeness (QED) is 0.0104. The maximum Gasteiger partial charge on any atom is 0.303 e. The number of carbonyl (C=O) groups is 2. The summed E-state index contributed by atoms with van der Waals surface area (Å²) in [6, 6.07) is 16.0. The van der Waals surface area contributed by atoms with Crippen LogP contribution in [0.5, 0.6) is 0 Å². The van der Waals surface area contributed by atoms with E-state index in [0.29, 0.717) is 186 Å². The zero-order valence-corrected chi connectivity index (χ0v) is 84.9. The number of unbranched alkanes of at least 4 members (excludes halogenated alkanes) is 4. The lowest BCUT2D eigenvalue weighted by molar-refractivity contribution is -0.438. The molecule has 6 N–H and O–H groups in total. The molecule has 4 aromatic carbocycles. The molecular formula is C90H126N4O37S8-2. The average molecular weight is 2110 g/mol. The minimum Gasteiger partial charge on any atom is -0.748 e. The topological polar surface area (TPSA) is 616 Å². The second-order valence-corrected chi connectivity index (χ2v) is 45.9. The smallest absolute Gasteiger partial charge is 0.303 e. The third-order valence-corrected chi connectivity index (χ3v) is 30.5. The average Bonchev–Trinajstić information content (AvgIpc) is 1.59. The summed E-state index contributed by atoms with van der Waals surface area (Å²) >= 11 is 0. The summed E-state index contributed by atoms with van der Waals surface area (Å²) in [5.41, 5.74) is 1.86. The molecule has 4 aromatic rings. The number of nitrogens with zero attached hydrogens (tertiary/aromatic N) is 4. The molecule has 778 valence electrons. The Morgan fingerprint density at radius 2 is 0.647 bits per heavy atom. The lowest BCUT2D eigenvalue weighted by atomic mass is 9.75. The molecule has 0 spiro atoms.